The average Bonchev–Trinajstić information content (AvgIpc) is 2.39. The third-order valence-electron chi connectivity index (χ3n) is 3.52. The summed E-state index contributed by atoms with van der Waals surface area (Å²) < 4.78 is 5.43. The molecule has 0 bridgehead atoms. The molecule has 1 fully saturated rings. The molecule has 1 aromatic carbocycles. The molecule has 94 valence electrons. The molecule has 2 N–H and O–H groups in total. The van der Waals surface area contributed by atoms with Crippen molar-refractivity contribution in [1.29, 1.82) is 0 Å². The number of nitrogens with two attached hydrogens (primary N) is 1. The SMILES string of the molecule is COc1ccccc1N1CCCC(CCN)C1. The van der Waals surface area contributed by atoms with Crippen LogP contribution in [0.4, 0.5) is 5.69 Å². The number of piperidine rings is 1. The molecule has 1 atom stereocenters. The number of benzene rings is 1. The minimum absolute atomic E-state index is 0.735. The van der Waals surface area contributed by atoms with Gasteiger partial charge >= 0.3 is 0 Å². The molecule has 0 radical (unpaired) electrons. The van der Waals surface area contributed by atoms with Gasteiger partial charge in [-0.1, -0.05) is 12.1 Å². The van der Waals surface area contributed by atoms with E-state index in [1.165, 1.54) is 18.5 Å². The molecule has 1 heterocycles. The van der Waals surface area contributed by atoms with Crippen LogP contribution in [0.25, 0.3) is 0 Å². The number of anilines is 1. The predicted octanol–water partition coefficient (Wildman–Crippen LogP) is 2.26. The highest BCUT2D eigenvalue weighted by atomic mass is 16.5. The first-order chi connectivity index (χ1) is 8.35. The molecule has 1 aliphatic heterocycles. The fourth-order valence-corrected chi connectivity index (χ4v) is 2.65. The van der Waals surface area contributed by atoms with Crippen molar-refractivity contribution in [3.05, 3.63) is 24.3 Å². The van der Waals surface area contributed by atoms with Gasteiger partial charge in [0.15, 0.2) is 0 Å². The zero-order chi connectivity index (χ0) is 12.1. The van der Waals surface area contributed by atoms with E-state index in [1.807, 2.05) is 12.1 Å². The Morgan fingerprint density at radius 2 is 2.24 bits per heavy atom. The Labute approximate surface area is 104 Å². The molecule has 17 heavy (non-hydrogen) atoms. The van der Waals surface area contributed by atoms with E-state index >= 15 is 0 Å². The summed E-state index contributed by atoms with van der Waals surface area (Å²) in [6.07, 6.45) is 3.69. The van der Waals surface area contributed by atoms with Crippen LogP contribution in [-0.4, -0.2) is 26.7 Å². The molecule has 1 unspecified atom stereocenters. The monoisotopic (exact) mass is 234 g/mol. The smallest absolute Gasteiger partial charge is 0.142 e. The largest absolute Gasteiger partial charge is 0.495 e. The van der Waals surface area contributed by atoms with Crippen molar-refractivity contribution in [2.24, 2.45) is 11.7 Å². The van der Waals surface area contributed by atoms with Gasteiger partial charge in [0.2, 0.25) is 0 Å². The van der Waals surface area contributed by atoms with Crippen molar-refractivity contribution in [1.82, 2.24) is 0 Å². The predicted molar refractivity (Wildman–Crippen MR) is 71.6 cm³/mol. The summed E-state index contributed by atoms with van der Waals surface area (Å²) in [5.74, 6) is 1.71. The lowest BCUT2D eigenvalue weighted by Gasteiger charge is -2.35. The normalized spacial score (nSPS) is 20.4. The van der Waals surface area contributed by atoms with E-state index in [1.54, 1.807) is 7.11 Å². The summed E-state index contributed by atoms with van der Waals surface area (Å²) in [5.41, 5.74) is 6.88. The van der Waals surface area contributed by atoms with Crippen molar-refractivity contribution < 1.29 is 4.74 Å². The summed E-state index contributed by atoms with van der Waals surface area (Å²) >= 11 is 0. The van der Waals surface area contributed by atoms with Crippen LogP contribution in [0.1, 0.15) is 19.3 Å². The van der Waals surface area contributed by atoms with Crippen molar-refractivity contribution in [2.75, 3.05) is 31.6 Å². The Morgan fingerprint density at radius 3 is 3.00 bits per heavy atom. The van der Waals surface area contributed by atoms with Crippen LogP contribution < -0.4 is 15.4 Å². The molecular formula is C14H22N2O. The average molecular weight is 234 g/mol. The molecule has 3 nitrogen and oxygen atoms in total. The van der Waals surface area contributed by atoms with Crippen molar-refractivity contribution in [3.63, 3.8) is 0 Å². The second-order valence-corrected chi connectivity index (χ2v) is 4.70. The van der Waals surface area contributed by atoms with Crippen LogP contribution in [-0.2, 0) is 0 Å². The van der Waals surface area contributed by atoms with Gasteiger partial charge in [-0.25, -0.2) is 0 Å². The first kappa shape index (κ1) is 12.2. The second kappa shape index (κ2) is 5.92. The summed E-state index contributed by atoms with van der Waals surface area (Å²) in [4.78, 5) is 2.43. The number of hydrogen-bond acceptors (Lipinski definition) is 3. The van der Waals surface area contributed by atoms with E-state index in [0.29, 0.717) is 0 Å². The van der Waals surface area contributed by atoms with Crippen molar-refractivity contribution >= 4 is 5.69 Å². The van der Waals surface area contributed by atoms with Crippen LogP contribution >= 0.6 is 0 Å². The van der Waals surface area contributed by atoms with Gasteiger partial charge in [0.05, 0.1) is 12.8 Å². The fraction of sp³-hybridized carbons (Fsp3) is 0.571. The Bertz CT molecular complexity index is 352. The van der Waals surface area contributed by atoms with Gasteiger partial charge in [-0.15, -0.1) is 0 Å². The third-order valence-corrected chi connectivity index (χ3v) is 3.52. The highest BCUT2D eigenvalue weighted by molar-refractivity contribution is 5.58. The zero-order valence-electron chi connectivity index (χ0n) is 10.6. The van der Waals surface area contributed by atoms with Crippen LogP contribution in [0.2, 0.25) is 0 Å². The molecule has 3 heteroatoms. The quantitative estimate of drug-likeness (QED) is 0.868. The van der Waals surface area contributed by atoms with Gasteiger partial charge in [-0.2, -0.15) is 0 Å². The standard InChI is InChI=1S/C14H22N2O/c1-17-14-7-3-2-6-13(14)16-10-4-5-12(11-16)8-9-15/h2-3,6-7,12H,4-5,8-11,15H2,1H3. The van der Waals surface area contributed by atoms with Gasteiger partial charge in [0, 0.05) is 13.1 Å². The molecule has 0 spiro atoms. The molecule has 0 aromatic heterocycles. The van der Waals surface area contributed by atoms with Gasteiger partial charge < -0.3 is 15.4 Å². The topological polar surface area (TPSA) is 38.5 Å². The van der Waals surface area contributed by atoms with E-state index in [-0.39, 0.29) is 0 Å². The fourth-order valence-electron chi connectivity index (χ4n) is 2.65. The lowest BCUT2D eigenvalue weighted by molar-refractivity contribution is 0.384. The van der Waals surface area contributed by atoms with E-state index in [4.69, 9.17) is 10.5 Å². The number of methoxy groups -OCH3 is 1. The molecule has 1 saturated heterocycles. The summed E-state index contributed by atoms with van der Waals surface area (Å²) in [6.45, 7) is 3.03. The number of nitrogens with zero attached hydrogens (tertiary/aromatic N) is 1. The summed E-state index contributed by atoms with van der Waals surface area (Å²) in [5, 5.41) is 0. The van der Waals surface area contributed by atoms with Gasteiger partial charge in [0.1, 0.15) is 5.75 Å². The van der Waals surface area contributed by atoms with Gasteiger partial charge in [-0.05, 0) is 43.9 Å². The lowest BCUT2D eigenvalue weighted by Crippen LogP contribution is -2.36. The minimum atomic E-state index is 0.735. The molecular weight excluding hydrogens is 212 g/mol. The second-order valence-electron chi connectivity index (χ2n) is 4.70. The zero-order valence-corrected chi connectivity index (χ0v) is 10.6. The van der Waals surface area contributed by atoms with E-state index in [0.717, 1.165) is 37.7 Å². The number of rotatable bonds is 4. The Kier molecular flexibility index (Phi) is 4.26. The van der Waals surface area contributed by atoms with Crippen molar-refractivity contribution in [3.8, 4) is 5.75 Å². The number of ether oxygens (including phenoxy) is 1. The molecule has 0 amide bonds. The molecule has 1 aromatic rings. The molecule has 0 saturated carbocycles. The van der Waals surface area contributed by atoms with Crippen molar-refractivity contribution in [2.45, 2.75) is 19.3 Å². The number of para-hydroxylation sites is 2. The first-order valence-corrected chi connectivity index (χ1v) is 6.43. The molecule has 0 aliphatic carbocycles. The van der Waals surface area contributed by atoms with Crippen LogP contribution in [0.3, 0.4) is 0 Å². The van der Waals surface area contributed by atoms with Crippen LogP contribution in [0.15, 0.2) is 24.3 Å². The summed E-state index contributed by atoms with van der Waals surface area (Å²) in [6, 6.07) is 8.26. The van der Waals surface area contributed by atoms with Crippen LogP contribution in [0, 0.1) is 5.92 Å². The third kappa shape index (κ3) is 2.91. The lowest BCUT2D eigenvalue weighted by atomic mass is 9.94. The summed E-state index contributed by atoms with van der Waals surface area (Å²) in [7, 11) is 1.74. The van der Waals surface area contributed by atoms with E-state index in [2.05, 4.69) is 17.0 Å². The highest BCUT2D eigenvalue weighted by Crippen LogP contribution is 2.31. The van der Waals surface area contributed by atoms with E-state index in [9.17, 15) is 0 Å². The minimum Gasteiger partial charge on any atom is -0.495 e. The molecule has 2 rings (SSSR count). The maximum absolute atomic E-state index is 5.66. The van der Waals surface area contributed by atoms with Gasteiger partial charge in [0.25, 0.3) is 0 Å². The maximum Gasteiger partial charge on any atom is 0.142 e. The highest BCUT2D eigenvalue weighted by Gasteiger charge is 2.21. The molecule has 1 aliphatic rings. The van der Waals surface area contributed by atoms with Gasteiger partial charge in [-0.3, -0.25) is 0 Å². The van der Waals surface area contributed by atoms with Crippen LogP contribution in [0.5, 0.6) is 5.75 Å². The maximum atomic E-state index is 5.66. The van der Waals surface area contributed by atoms with E-state index < -0.39 is 0 Å². The Hall–Kier alpha value is -1.22. The number of hydrogen-bond donors (Lipinski definition) is 1. The Balaban J connectivity index is 2.10. The Morgan fingerprint density at radius 1 is 1.41 bits per heavy atom. The first-order valence-electron chi connectivity index (χ1n) is 6.43.